The topological polar surface area (TPSA) is 74.3 Å². The first kappa shape index (κ1) is 23.6. The number of methoxy groups -OCH3 is 1. The lowest BCUT2D eigenvalue weighted by atomic mass is 9.83. The predicted octanol–water partition coefficient (Wildman–Crippen LogP) is 1.99. The fraction of sp³-hybridized carbons (Fsp3) is 0.462. The van der Waals surface area contributed by atoms with Crippen molar-refractivity contribution < 1.29 is 23.5 Å². The third kappa shape index (κ3) is 5.11. The molecule has 8 nitrogen and oxygen atoms in total. The average Bonchev–Trinajstić information content (AvgIpc) is 2.89. The summed E-state index contributed by atoms with van der Waals surface area (Å²) in [5.74, 6) is 0.118. The smallest absolute Gasteiger partial charge is 0.236 e. The minimum atomic E-state index is -0.345. The Morgan fingerprint density at radius 1 is 1.09 bits per heavy atom. The number of nitrogens with one attached hydrogen (secondary N) is 1. The highest BCUT2D eigenvalue weighted by Gasteiger charge is 2.42. The van der Waals surface area contributed by atoms with Crippen molar-refractivity contribution in [3.8, 4) is 5.75 Å². The highest BCUT2D eigenvalue weighted by molar-refractivity contribution is 5.94. The Bertz CT molecular complexity index is 1070. The highest BCUT2D eigenvalue weighted by atomic mass is 19.1. The van der Waals surface area contributed by atoms with E-state index in [9.17, 15) is 14.0 Å². The standard InChI is InChI=1S/C26H31FN4O4/c1-34-21-7-2-18-14-22(26(33)28-20-5-3-19(27)4-6-20)24-16-29(8-9-31(24)23(18)15-21)17-25(32)30-10-12-35-13-11-30/h2-7,15,22,24H,8-14,16-17H2,1H3,(H,28,33)/t22-,24-/m1/s1. The summed E-state index contributed by atoms with van der Waals surface area (Å²) in [6.07, 6.45) is 0.582. The summed E-state index contributed by atoms with van der Waals surface area (Å²) in [4.78, 5) is 32.6. The maximum atomic E-state index is 13.5. The number of morpholine rings is 1. The number of amides is 2. The van der Waals surface area contributed by atoms with E-state index >= 15 is 0 Å². The summed E-state index contributed by atoms with van der Waals surface area (Å²) >= 11 is 0. The van der Waals surface area contributed by atoms with Crippen LogP contribution in [0.25, 0.3) is 0 Å². The number of carbonyl (C=O) groups is 2. The lowest BCUT2D eigenvalue weighted by Crippen LogP contribution is -2.61. The van der Waals surface area contributed by atoms with E-state index < -0.39 is 0 Å². The molecule has 1 N–H and O–H groups in total. The molecule has 0 saturated carbocycles. The number of hydrogen-bond acceptors (Lipinski definition) is 6. The number of fused-ring (bicyclic) bond motifs is 3. The molecule has 3 aliphatic rings. The number of carbonyl (C=O) groups excluding carboxylic acids is 2. The van der Waals surface area contributed by atoms with Crippen molar-refractivity contribution in [3.05, 3.63) is 53.8 Å². The van der Waals surface area contributed by atoms with Crippen molar-refractivity contribution in [1.29, 1.82) is 0 Å². The monoisotopic (exact) mass is 482 g/mol. The van der Waals surface area contributed by atoms with Crippen LogP contribution in [0.5, 0.6) is 5.75 Å². The third-order valence-electron chi connectivity index (χ3n) is 7.18. The van der Waals surface area contributed by atoms with Crippen LogP contribution in [0.3, 0.4) is 0 Å². The van der Waals surface area contributed by atoms with Crippen LogP contribution in [0, 0.1) is 11.7 Å². The first-order valence-electron chi connectivity index (χ1n) is 12.1. The zero-order valence-corrected chi connectivity index (χ0v) is 19.9. The van der Waals surface area contributed by atoms with Gasteiger partial charge < -0.3 is 24.6 Å². The molecule has 0 aromatic heterocycles. The van der Waals surface area contributed by atoms with Crippen molar-refractivity contribution in [1.82, 2.24) is 9.80 Å². The van der Waals surface area contributed by atoms with Gasteiger partial charge >= 0.3 is 0 Å². The maximum absolute atomic E-state index is 13.5. The van der Waals surface area contributed by atoms with Crippen LogP contribution in [0.2, 0.25) is 0 Å². The van der Waals surface area contributed by atoms with E-state index in [-0.39, 0.29) is 29.6 Å². The van der Waals surface area contributed by atoms with Crippen LogP contribution in [0.15, 0.2) is 42.5 Å². The second kappa shape index (κ2) is 10.2. The van der Waals surface area contributed by atoms with Crippen molar-refractivity contribution >= 4 is 23.2 Å². The van der Waals surface area contributed by atoms with E-state index in [2.05, 4.69) is 15.1 Å². The maximum Gasteiger partial charge on any atom is 0.236 e. The van der Waals surface area contributed by atoms with Gasteiger partial charge in [0.15, 0.2) is 0 Å². The van der Waals surface area contributed by atoms with Crippen LogP contribution >= 0.6 is 0 Å². The molecule has 3 aliphatic heterocycles. The van der Waals surface area contributed by atoms with Gasteiger partial charge in [-0.05, 0) is 42.3 Å². The molecule has 0 unspecified atom stereocenters. The van der Waals surface area contributed by atoms with Crippen LogP contribution in [0.1, 0.15) is 5.56 Å². The van der Waals surface area contributed by atoms with Gasteiger partial charge in [0.25, 0.3) is 0 Å². The molecule has 2 saturated heterocycles. The second-order valence-electron chi connectivity index (χ2n) is 9.29. The van der Waals surface area contributed by atoms with Crippen molar-refractivity contribution in [2.24, 2.45) is 5.92 Å². The Kier molecular flexibility index (Phi) is 6.88. The lowest BCUT2D eigenvalue weighted by Gasteiger charge is -2.49. The zero-order valence-electron chi connectivity index (χ0n) is 19.9. The molecular weight excluding hydrogens is 451 g/mol. The Hall–Kier alpha value is -3.17. The number of piperazine rings is 1. The van der Waals surface area contributed by atoms with E-state index in [1.807, 2.05) is 23.1 Å². The summed E-state index contributed by atoms with van der Waals surface area (Å²) in [6.45, 7) is 4.78. The fourth-order valence-electron chi connectivity index (χ4n) is 5.28. The van der Waals surface area contributed by atoms with Crippen LogP contribution in [-0.2, 0) is 20.7 Å². The van der Waals surface area contributed by atoms with E-state index in [0.29, 0.717) is 58.0 Å². The van der Waals surface area contributed by atoms with E-state index in [4.69, 9.17) is 9.47 Å². The minimum Gasteiger partial charge on any atom is -0.497 e. The van der Waals surface area contributed by atoms with Crippen LogP contribution < -0.4 is 15.0 Å². The molecule has 9 heteroatoms. The van der Waals surface area contributed by atoms with Crippen molar-refractivity contribution in [2.75, 3.05) is 69.8 Å². The minimum absolute atomic E-state index is 0.0960. The molecule has 2 aromatic carbocycles. The molecule has 5 rings (SSSR count). The number of rotatable bonds is 5. The van der Waals surface area contributed by atoms with Crippen molar-refractivity contribution in [2.45, 2.75) is 12.5 Å². The van der Waals surface area contributed by atoms with Gasteiger partial charge in [0.05, 0.1) is 38.8 Å². The molecular formula is C26H31FN4O4. The zero-order chi connectivity index (χ0) is 24.4. The Balaban J connectivity index is 1.36. The second-order valence-corrected chi connectivity index (χ2v) is 9.29. The predicted molar refractivity (Wildman–Crippen MR) is 130 cm³/mol. The average molecular weight is 483 g/mol. The Morgan fingerprint density at radius 3 is 2.60 bits per heavy atom. The SMILES string of the molecule is COc1ccc2c(c1)N1CCN(CC(=O)N3CCOCC3)C[C@@H]1[C@H](C(=O)Nc1ccc(F)cc1)C2. The number of ether oxygens (including phenoxy) is 2. The molecule has 2 atom stereocenters. The first-order chi connectivity index (χ1) is 17.0. The first-order valence-corrected chi connectivity index (χ1v) is 12.1. The van der Waals surface area contributed by atoms with Gasteiger partial charge in [0.2, 0.25) is 11.8 Å². The molecule has 0 radical (unpaired) electrons. The van der Waals surface area contributed by atoms with E-state index in [1.54, 1.807) is 19.2 Å². The van der Waals surface area contributed by atoms with Gasteiger partial charge in [-0.1, -0.05) is 6.07 Å². The Labute approximate surface area is 204 Å². The number of anilines is 2. The molecule has 2 amide bonds. The number of halogens is 1. The molecule has 3 heterocycles. The summed E-state index contributed by atoms with van der Waals surface area (Å²) in [6, 6.07) is 11.7. The lowest BCUT2D eigenvalue weighted by molar-refractivity contribution is -0.136. The normalized spacial score (nSPS) is 22.2. The van der Waals surface area contributed by atoms with Gasteiger partial charge in [-0.15, -0.1) is 0 Å². The highest BCUT2D eigenvalue weighted by Crippen LogP contribution is 2.38. The van der Waals surface area contributed by atoms with Crippen LogP contribution in [-0.4, -0.2) is 87.2 Å². The van der Waals surface area contributed by atoms with Gasteiger partial charge in [0.1, 0.15) is 11.6 Å². The number of nitrogens with zero attached hydrogens (tertiary/aromatic N) is 3. The molecule has 2 fully saturated rings. The van der Waals surface area contributed by atoms with Crippen molar-refractivity contribution in [3.63, 3.8) is 0 Å². The van der Waals surface area contributed by atoms with E-state index in [1.165, 1.54) is 12.1 Å². The Morgan fingerprint density at radius 2 is 1.86 bits per heavy atom. The quantitative estimate of drug-likeness (QED) is 0.703. The van der Waals surface area contributed by atoms with Crippen LogP contribution in [0.4, 0.5) is 15.8 Å². The summed E-state index contributed by atoms with van der Waals surface area (Å²) in [5, 5.41) is 2.97. The molecule has 35 heavy (non-hydrogen) atoms. The molecule has 0 aliphatic carbocycles. The summed E-state index contributed by atoms with van der Waals surface area (Å²) < 4.78 is 24.2. The number of benzene rings is 2. The fourth-order valence-corrected chi connectivity index (χ4v) is 5.28. The molecule has 0 spiro atoms. The molecule has 186 valence electrons. The third-order valence-corrected chi connectivity index (χ3v) is 7.18. The molecule has 2 aromatic rings. The van der Waals surface area contributed by atoms with E-state index in [0.717, 1.165) is 23.5 Å². The molecule has 0 bridgehead atoms. The summed E-state index contributed by atoms with van der Waals surface area (Å²) in [5.41, 5.74) is 2.75. The number of hydrogen-bond donors (Lipinski definition) is 1. The largest absolute Gasteiger partial charge is 0.497 e. The van der Waals surface area contributed by atoms with Gasteiger partial charge in [-0.25, -0.2) is 4.39 Å². The van der Waals surface area contributed by atoms with Gasteiger partial charge in [-0.3, -0.25) is 14.5 Å². The summed E-state index contributed by atoms with van der Waals surface area (Å²) in [7, 11) is 1.65. The van der Waals surface area contributed by atoms with Gasteiger partial charge in [-0.2, -0.15) is 0 Å². The van der Waals surface area contributed by atoms with Gasteiger partial charge in [0, 0.05) is 50.2 Å².